The van der Waals surface area contributed by atoms with Gasteiger partial charge in [-0.1, -0.05) is 50.6 Å². The lowest BCUT2D eigenvalue weighted by atomic mass is 10.1. The van der Waals surface area contributed by atoms with Crippen molar-refractivity contribution in [1.82, 2.24) is 10.6 Å². The van der Waals surface area contributed by atoms with Gasteiger partial charge in [-0.15, -0.1) is 0 Å². The molecular weight excluding hydrogens is 246 g/mol. The van der Waals surface area contributed by atoms with E-state index in [9.17, 15) is 0 Å². The standard InChI is InChI=1S/C17H31N3/c1-3-8-16(19-11-4-2)14-20-17(13-18)12-15-9-6-5-7-10-15/h5-7,9-10,16-17,19-20H,3-4,8,11-14,18H2,1-2H3. The van der Waals surface area contributed by atoms with Crippen molar-refractivity contribution in [2.75, 3.05) is 19.6 Å². The monoisotopic (exact) mass is 277 g/mol. The van der Waals surface area contributed by atoms with Crippen LogP contribution in [0.2, 0.25) is 0 Å². The summed E-state index contributed by atoms with van der Waals surface area (Å²) in [5, 5.41) is 7.23. The second-order valence-corrected chi connectivity index (χ2v) is 5.47. The van der Waals surface area contributed by atoms with Crippen LogP contribution in [0.5, 0.6) is 0 Å². The van der Waals surface area contributed by atoms with Crippen LogP contribution in [0.15, 0.2) is 30.3 Å². The third-order valence-corrected chi connectivity index (χ3v) is 3.58. The van der Waals surface area contributed by atoms with E-state index >= 15 is 0 Å². The van der Waals surface area contributed by atoms with Crippen molar-refractivity contribution in [3.63, 3.8) is 0 Å². The van der Waals surface area contributed by atoms with Gasteiger partial charge in [0.1, 0.15) is 0 Å². The highest BCUT2D eigenvalue weighted by Gasteiger charge is 2.11. The molecule has 0 aliphatic heterocycles. The van der Waals surface area contributed by atoms with Gasteiger partial charge in [0.05, 0.1) is 0 Å². The lowest BCUT2D eigenvalue weighted by Crippen LogP contribution is -2.46. The zero-order valence-electron chi connectivity index (χ0n) is 13.1. The Bertz CT molecular complexity index is 326. The zero-order chi connectivity index (χ0) is 14.6. The summed E-state index contributed by atoms with van der Waals surface area (Å²) in [5.74, 6) is 0. The lowest BCUT2D eigenvalue weighted by Gasteiger charge is -2.23. The minimum Gasteiger partial charge on any atom is -0.329 e. The minimum atomic E-state index is 0.361. The topological polar surface area (TPSA) is 50.1 Å². The van der Waals surface area contributed by atoms with Crippen LogP contribution in [0.1, 0.15) is 38.7 Å². The Morgan fingerprint density at radius 3 is 2.35 bits per heavy atom. The predicted molar refractivity (Wildman–Crippen MR) is 88.0 cm³/mol. The summed E-state index contributed by atoms with van der Waals surface area (Å²) in [6.45, 7) is 7.23. The van der Waals surface area contributed by atoms with Crippen LogP contribution in [-0.2, 0) is 6.42 Å². The molecule has 0 saturated heterocycles. The number of benzene rings is 1. The summed E-state index contributed by atoms with van der Waals surface area (Å²) in [4.78, 5) is 0. The number of hydrogen-bond donors (Lipinski definition) is 3. The largest absolute Gasteiger partial charge is 0.329 e. The maximum absolute atomic E-state index is 5.90. The molecular formula is C17H31N3. The minimum absolute atomic E-state index is 0.361. The molecule has 0 spiro atoms. The van der Waals surface area contributed by atoms with Gasteiger partial charge in [0.2, 0.25) is 0 Å². The van der Waals surface area contributed by atoms with Crippen molar-refractivity contribution >= 4 is 0 Å². The third-order valence-electron chi connectivity index (χ3n) is 3.58. The number of hydrogen-bond acceptors (Lipinski definition) is 3. The maximum atomic E-state index is 5.90. The molecule has 3 nitrogen and oxygen atoms in total. The molecule has 4 N–H and O–H groups in total. The van der Waals surface area contributed by atoms with Crippen molar-refractivity contribution in [1.29, 1.82) is 0 Å². The van der Waals surface area contributed by atoms with Crippen molar-refractivity contribution < 1.29 is 0 Å². The molecule has 0 bridgehead atoms. The Morgan fingerprint density at radius 1 is 1.00 bits per heavy atom. The summed E-state index contributed by atoms with van der Waals surface area (Å²) >= 11 is 0. The van der Waals surface area contributed by atoms with Crippen LogP contribution < -0.4 is 16.4 Å². The quantitative estimate of drug-likeness (QED) is 0.582. The van der Waals surface area contributed by atoms with Gasteiger partial charge < -0.3 is 16.4 Å². The maximum Gasteiger partial charge on any atom is 0.0231 e. The summed E-state index contributed by atoms with van der Waals surface area (Å²) in [5.41, 5.74) is 7.25. The van der Waals surface area contributed by atoms with Gasteiger partial charge in [-0.05, 0) is 31.4 Å². The van der Waals surface area contributed by atoms with Crippen molar-refractivity contribution in [2.24, 2.45) is 5.73 Å². The molecule has 0 radical (unpaired) electrons. The van der Waals surface area contributed by atoms with E-state index in [2.05, 4.69) is 54.8 Å². The van der Waals surface area contributed by atoms with Crippen LogP contribution in [0, 0.1) is 0 Å². The van der Waals surface area contributed by atoms with Crippen molar-refractivity contribution in [3.8, 4) is 0 Å². The summed E-state index contributed by atoms with van der Waals surface area (Å²) in [6, 6.07) is 11.5. The smallest absolute Gasteiger partial charge is 0.0231 e. The average Bonchev–Trinajstić information content (AvgIpc) is 2.49. The Kier molecular flexibility index (Phi) is 9.29. The predicted octanol–water partition coefficient (Wildman–Crippen LogP) is 2.31. The van der Waals surface area contributed by atoms with Gasteiger partial charge in [-0.3, -0.25) is 0 Å². The Hall–Kier alpha value is -0.900. The number of nitrogens with one attached hydrogen (secondary N) is 2. The van der Waals surface area contributed by atoms with Crippen molar-refractivity contribution in [2.45, 2.75) is 51.6 Å². The summed E-state index contributed by atoms with van der Waals surface area (Å²) in [6.07, 6.45) is 4.62. The number of nitrogens with two attached hydrogens (primary N) is 1. The molecule has 1 aromatic rings. The van der Waals surface area contributed by atoms with E-state index in [0.29, 0.717) is 18.6 Å². The van der Waals surface area contributed by atoms with E-state index < -0.39 is 0 Å². The fraction of sp³-hybridized carbons (Fsp3) is 0.647. The Morgan fingerprint density at radius 2 is 1.75 bits per heavy atom. The van der Waals surface area contributed by atoms with Gasteiger partial charge in [-0.2, -0.15) is 0 Å². The highest BCUT2D eigenvalue weighted by molar-refractivity contribution is 5.16. The molecule has 0 amide bonds. The molecule has 20 heavy (non-hydrogen) atoms. The van der Waals surface area contributed by atoms with Crippen LogP contribution >= 0.6 is 0 Å². The van der Waals surface area contributed by atoms with E-state index in [1.54, 1.807) is 0 Å². The molecule has 2 unspecified atom stereocenters. The second kappa shape index (κ2) is 10.8. The fourth-order valence-electron chi connectivity index (χ4n) is 2.42. The molecule has 0 aliphatic carbocycles. The van der Waals surface area contributed by atoms with Crippen molar-refractivity contribution in [3.05, 3.63) is 35.9 Å². The van der Waals surface area contributed by atoms with Crippen LogP contribution in [-0.4, -0.2) is 31.7 Å². The SMILES string of the molecule is CCCNC(CCC)CNC(CN)Cc1ccccc1. The molecule has 0 saturated carbocycles. The molecule has 114 valence electrons. The molecule has 1 aromatic carbocycles. The third kappa shape index (κ3) is 7.04. The van der Waals surface area contributed by atoms with Crippen LogP contribution in [0.4, 0.5) is 0 Å². The average molecular weight is 277 g/mol. The lowest BCUT2D eigenvalue weighted by molar-refractivity contribution is 0.410. The normalized spacial score (nSPS) is 14.2. The van der Waals surface area contributed by atoms with Gasteiger partial charge >= 0.3 is 0 Å². The molecule has 1 rings (SSSR count). The first-order chi connectivity index (χ1) is 9.80. The van der Waals surface area contributed by atoms with E-state index in [0.717, 1.165) is 19.5 Å². The Labute approximate surface area is 124 Å². The highest BCUT2D eigenvalue weighted by atomic mass is 15.0. The van der Waals surface area contributed by atoms with Gasteiger partial charge in [0.15, 0.2) is 0 Å². The first-order valence-corrected chi connectivity index (χ1v) is 8.00. The van der Waals surface area contributed by atoms with E-state index in [1.165, 1.54) is 24.8 Å². The molecule has 3 heteroatoms. The highest BCUT2D eigenvalue weighted by Crippen LogP contribution is 2.03. The second-order valence-electron chi connectivity index (χ2n) is 5.47. The molecule has 0 fully saturated rings. The number of rotatable bonds is 11. The van der Waals surface area contributed by atoms with E-state index in [-0.39, 0.29) is 0 Å². The summed E-state index contributed by atoms with van der Waals surface area (Å²) < 4.78 is 0. The van der Waals surface area contributed by atoms with Gasteiger partial charge in [-0.25, -0.2) is 0 Å². The van der Waals surface area contributed by atoms with Gasteiger partial charge in [0.25, 0.3) is 0 Å². The first-order valence-electron chi connectivity index (χ1n) is 8.00. The first kappa shape index (κ1) is 17.2. The summed E-state index contributed by atoms with van der Waals surface area (Å²) in [7, 11) is 0. The fourth-order valence-corrected chi connectivity index (χ4v) is 2.42. The van der Waals surface area contributed by atoms with E-state index in [1.807, 2.05) is 0 Å². The zero-order valence-corrected chi connectivity index (χ0v) is 13.1. The Balaban J connectivity index is 2.38. The molecule has 0 aliphatic rings. The van der Waals surface area contributed by atoms with Crippen LogP contribution in [0.25, 0.3) is 0 Å². The van der Waals surface area contributed by atoms with Crippen LogP contribution in [0.3, 0.4) is 0 Å². The van der Waals surface area contributed by atoms with E-state index in [4.69, 9.17) is 5.73 Å². The molecule has 0 heterocycles. The molecule has 0 aromatic heterocycles. The molecule has 2 atom stereocenters. The van der Waals surface area contributed by atoms with Gasteiger partial charge in [0, 0.05) is 25.2 Å².